The molecule has 6 nitrogen and oxygen atoms in total. The van der Waals surface area contributed by atoms with Gasteiger partial charge in [-0.05, 0) is 56.1 Å². The van der Waals surface area contributed by atoms with Crippen LogP contribution in [-0.2, 0) is 0 Å². The van der Waals surface area contributed by atoms with Gasteiger partial charge in [-0.1, -0.05) is 6.07 Å². The van der Waals surface area contributed by atoms with Crippen LogP contribution in [-0.4, -0.2) is 16.0 Å². The van der Waals surface area contributed by atoms with Gasteiger partial charge >= 0.3 is 11.7 Å². The summed E-state index contributed by atoms with van der Waals surface area (Å²) >= 11 is 6.31. The van der Waals surface area contributed by atoms with Crippen molar-refractivity contribution in [2.45, 2.75) is 0 Å². The number of carbonyl (C=O) groups is 1. The Balaban J connectivity index is 2.41. The summed E-state index contributed by atoms with van der Waals surface area (Å²) in [5.74, 6) is -0.750. The van der Waals surface area contributed by atoms with Crippen LogP contribution in [0.5, 0.6) is 11.5 Å². The molecule has 0 heterocycles. The number of carboxylic acids is 1. The highest BCUT2D eigenvalue weighted by molar-refractivity contribution is 9.10. The SMILES string of the molecule is O=C(O)c1ccc(Oc2c(Br)cccc2[N+](=O)[O-])cc1Br. The van der Waals surface area contributed by atoms with Gasteiger partial charge in [-0.25, -0.2) is 4.79 Å². The fourth-order valence-electron chi connectivity index (χ4n) is 1.59. The van der Waals surface area contributed by atoms with E-state index in [0.29, 0.717) is 8.95 Å². The van der Waals surface area contributed by atoms with Crippen molar-refractivity contribution in [3.8, 4) is 11.5 Å². The summed E-state index contributed by atoms with van der Waals surface area (Å²) in [5.41, 5.74) is -0.119. The van der Waals surface area contributed by atoms with Gasteiger partial charge in [0, 0.05) is 10.5 Å². The average Bonchev–Trinajstić information content (AvgIpc) is 2.40. The van der Waals surface area contributed by atoms with Gasteiger partial charge in [0.25, 0.3) is 0 Å². The maximum absolute atomic E-state index is 11.0. The van der Waals surface area contributed by atoms with Gasteiger partial charge in [0.1, 0.15) is 5.75 Å². The van der Waals surface area contributed by atoms with Crippen molar-refractivity contribution in [2.24, 2.45) is 0 Å². The highest BCUT2D eigenvalue weighted by atomic mass is 79.9. The monoisotopic (exact) mass is 415 g/mol. The number of aromatic carboxylic acids is 1. The maximum atomic E-state index is 11.0. The lowest BCUT2D eigenvalue weighted by atomic mass is 10.2. The Labute approximate surface area is 135 Å². The van der Waals surface area contributed by atoms with E-state index in [0.717, 1.165) is 0 Å². The highest BCUT2D eigenvalue weighted by Gasteiger charge is 2.19. The highest BCUT2D eigenvalue weighted by Crippen LogP contribution is 2.38. The van der Waals surface area contributed by atoms with Crippen molar-refractivity contribution in [3.63, 3.8) is 0 Å². The molecule has 0 saturated heterocycles. The second-order valence-corrected chi connectivity index (χ2v) is 5.60. The molecule has 0 spiro atoms. The summed E-state index contributed by atoms with van der Waals surface area (Å²) in [5, 5.41) is 19.9. The molecule has 0 saturated carbocycles. The predicted molar refractivity (Wildman–Crippen MR) is 82.0 cm³/mol. The van der Waals surface area contributed by atoms with Crippen LogP contribution in [0.15, 0.2) is 45.3 Å². The molecule has 2 rings (SSSR count). The number of ether oxygens (including phenoxy) is 1. The van der Waals surface area contributed by atoms with Crippen LogP contribution in [0.2, 0.25) is 0 Å². The van der Waals surface area contributed by atoms with Crippen molar-refractivity contribution in [3.05, 3.63) is 61.0 Å². The minimum Gasteiger partial charge on any atom is -0.478 e. The maximum Gasteiger partial charge on any atom is 0.336 e. The molecule has 0 unspecified atom stereocenters. The fraction of sp³-hybridized carbons (Fsp3) is 0. The third-order valence-electron chi connectivity index (χ3n) is 2.53. The van der Waals surface area contributed by atoms with E-state index in [1.165, 1.54) is 30.3 Å². The Morgan fingerprint density at radius 2 is 1.90 bits per heavy atom. The van der Waals surface area contributed by atoms with Crippen molar-refractivity contribution in [1.29, 1.82) is 0 Å². The number of benzene rings is 2. The quantitative estimate of drug-likeness (QED) is 0.580. The first kappa shape index (κ1) is 15.5. The number of halogens is 2. The van der Waals surface area contributed by atoms with Gasteiger partial charge in [0.2, 0.25) is 5.75 Å². The Bertz CT molecular complexity index is 732. The van der Waals surface area contributed by atoms with Crippen molar-refractivity contribution < 1.29 is 19.6 Å². The summed E-state index contributed by atoms with van der Waals surface area (Å²) in [6.07, 6.45) is 0. The molecule has 0 aliphatic heterocycles. The van der Waals surface area contributed by atoms with Gasteiger partial charge in [-0.3, -0.25) is 10.1 Å². The van der Waals surface area contributed by atoms with Crippen LogP contribution in [0.3, 0.4) is 0 Å². The van der Waals surface area contributed by atoms with Gasteiger partial charge in [-0.15, -0.1) is 0 Å². The lowest BCUT2D eigenvalue weighted by Gasteiger charge is -2.09. The number of nitrogens with zero attached hydrogens (tertiary/aromatic N) is 1. The summed E-state index contributed by atoms with van der Waals surface area (Å²) in [6.45, 7) is 0. The van der Waals surface area contributed by atoms with Crippen LogP contribution < -0.4 is 4.74 Å². The molecule has 0 amide bonds. The largest absolute Gasteiger partial charge is 0.478 e. The molecule has 8 heteroatoms. The van der Waals surface area contributed by atoms with Gasteiger partial charge in [0.15, 0.2) is 0 Å². The fourth-order valence-corrected chi connectivity index (χ4v) is 2.56. The average molecular weight is 417 g/mol. The predicted octanol–water partition coefficient (Wildman–Crippen LogP) is 4.61. The van der Waals surface area contributed by atoms with Crippen molar-refractivity contribution in [2.75, 3.05) is 0 Å². The normalized spacial score (nSPS) is 10.2. The molecule has 0 fully saturated rings. The van der Waals surface area contributed by atoms with E-state index in [-0.39, 0.29) is 22.7 Å². The Morgan fingerprint density at radius 3 is 2.48 bits per heavy atom. The van der Waals surface area contributed by atoms with E-state index >= 15 is 0 Å². The zero-order valence-corrected chi connectivity index (χ0v) is 13.4. The summed E-state index contributed by atoms with van der Waals surface area (Å²) in [6, 6.07) is 8.68. The van der Waals surface area contributed by atoms with Gasteiger partial charge in [0.05, 0.1) is 15.0 Å². The van der Waals surface area contributed by atoms with E-state index in [1.807, 2.05) is 0 Å². The van der Waals surface area contributed by atoms with Gasteiger partial charge < -0.3 is 9.84 Å². The number of nitro benzene ring substituents is 1. The number of nitro groups is 1. The first-order chi connectivity index (χ1) is 9.90. The molecule has 0 aliphatic carbocycles. The molecular formula is C13H7Br2NO5. The molecule has 0 radical (unpaired) electrons. The molecule has 0 aromatic heterocycles. The van der Waals surface area contributed by atoms with E-state index in [9.17, 15) is 14.9 Å². The number of carboxylic acid groups (broad SMARTS) is 1. The molecule has 2 aromatic carbocycles. The van der Waals surface area contributed by atoms with Gasteiger partial charge in [-0.2, -0.15) is 0 Å². The minimum atomic E-state index is -1.08. The molecule has 0 aliphatic rings. The van der Waals surface area contributed by atoms with Crippen LogP contribution in [0.1, 0.15) is 10.4 Å². The summed E-state index contributed by atoms with van der Waals surface area (Å²) in [7, 11) is 0. The van der Waals surface area contributed by atoms with E-state index in [4.69, 9.17) is 9.84 Å². The lowest BCUT2D eigenvalue weighted by Crippen LogP contribution is -1.98. The molecule has 0 atom stereocenters. The zero-order valence-electron chi connectivity index (χ0n) is 10.2. The molecule has 108 valence electrons. The molecule has 2 aromatic rings. The first-order valence-electron chi connectivity index (χ1n) is 5.53. The van der Waals surface area contributed by atoms with E-state index in [1.54, 1.807) is 6.07 Å². The molecule has 0 bridgehead atoms. The molecule has 1 N–H and O–H groups in total. The Morgan fingerprint density at radius 1 is 1.19 bits per heavy atom. The van der Waals surface area contributed by atoms with Crippen molar-refractivity contribution >= 4 is 43.5 Å². The topological polar surface area (TPSA) is 89.7 Å². The minimum absolute atomic E-state index is 0.0532. The van der Waals surface area contributed by atoms with Crippen LogP contribution in [0, 0.1) is 10.1 Å². The number of hydrogen-bond donors (Lipinski definition) is 1. The first-order valence-corrected chi connectivity index (χ1v) is 7.12. The van der Waals surface area contributed by atoms with Crippen LogP contribution in [0.4, 0.5) is 5.69 Å². The second kappa shape index (κ2) is 6.23. The molecule has 21 heavy (non-hydrogen) atoms. The number of rotatable bonds is 4. The molecular weight excluding hydrogens is 410 g/mol. The van der Waals surface area contributed by atoms with Crippen LogP contribution >= 0.6 is 31.9 Å². The van der Waals surface area contributed by atoms with E-state index in [2.05, 4.69) is 31.9 Å². The number of para-hydroxylation sites is 1. The smallest absolute Gasteiger partial charge is 0.336 e. The third-order valence-corrected chi connectivity index (χ3v) is 3.81. The number of hydrogen-bond acceptors (Lipinski definition) is 4. The third kappa shape index (κ3) is 3.40. The summed E-state index contributed by atoms with van der Waals surface area (Å²) in [4.78, 5) is 21.4. The van der Waals surface area contributed by atoms with E-state index < -0.39 is 10.9 Å². The standard InChI is InChI=1S/C13H7Br2NO5/c14-9-2-1-3-11(16(19)20)12(9)21-7-4-5-8(13(17)18)10(15)6-7/h1-6H,(H,17,18). The van der Waals surface area contributed by atoms with Crippen LogP contribution in [0.25, 0.3) is 0 Å². The van der Waals surface area contributed by atoms with Crippen molar-refractivity contribution in [1.82, 2.24) is 0 Å². The Kier molecular flexibility index (Phi) is 4.59. The second-order valence-electron chi connectivity index (χ2n) is 3.89. The zero-order chi connectivity index (χ0) is 15.6. The lowest BCUT2D eigenvalue weighted by molar-refractivity contribution is -0.385. The Hall–Kier alpha value is -1.93. The summed E-state index contributed by atoms with van der Waals surface area (Å²) < 4.78 is 6.25.